The largest absolute Gasteiger partial charge is 0.465 e. The third-order valence-electron chi connectivity index (χ3n) is 6.90. The predicted molar refractivity (Wildman–Crippen MR) is 119 cm³/mol. The van der Waals surface area contributed by atoms with Crippen LogP contribution in [0.2, 0.25) is 0 Å². The van der Waals surface area contributed by atoms with Crippen molar-refractivity contribution in [1.29, 1.82) is 0 Å². The molecule has 0 spiro atoms. The summed E-state index contributed by atoms with van der Waals surface area (Å²) < 4.78 is 11.5. The summed E-state index contributed by atoms with van der Waals surface area (Å²) in [5, 5.41) is 0. The van der Waals surface area contributed by atoms with E-state index >= 15 is 0 Å². The number of amides is 1. The van der Waals surface area contributed by atoms with Crippen LogP contribution in [0.15, 0.2) is 24.3 Å². The maximum atomic E-state index is 13.2. The number of nitrogens with zero attached hydrogens (tertiary/aromatic N) is 4. The molecule has 2 aliphatic heterocycles. The second-order valence-electron chi connectivity index (χ2n) is 10.5. The lowest BCUT2D eigenvalue weighted by Crippen LogP contribution is -2.40. The average molecular weight is 425 g/mol. The zero-order valence-electron chi connectivity index (χ0n) is 18.8. The van der Waals surface area contributed by atoms with Crippen molar-refractivity contribution < 1.29 is 14.3 Å². The van der Waals surface area contributed by atoms with E-state index in [2.05, 4.69) is 30.6 Å². The number of likely N-dealkylation sites (tertiary alicyclic amines) is 1. The maximum Gasteiger partial charge on any atom is 0.260 e. The van der Waals surface area contributed by atoms with Gasteiger partial charge in [0.25, 0.3) is 11.8 Å². The van der Waals surface area contributed by atoms with Gasteiger partial charge in [0.15, 0.2) is 12.4 Å². The Morgan fingerprint density at radius 3 is 2.58 bits per heavy atom. The van der Waals surface area contributed by atoms with E-state index in [0.717, 1.165) is 43.5 Å². The summed E-state index contributed by atoms with van der Waals surface area (Å²) in [6.07, 6.45) is 3.32. The maximum absolute atomic E-state index is 13.2. The highest BCUT2D eigenvalue weighted by Crippen LogP contribution is 2.52. The minimum absolute atomic E-state index is 0.00261. The van der Waals surface area contributed by atoms with Crippen molar-refractivity contribution >= 4 is 22.8 Å². The zero-order chi connectivity index (χ0) is 21.6. The quantitative estimate of drug-likeness (QED) is 0.750. The number of fused-ring (bicyclic) bond motifs is 3. The molecule has 5 rings (SSSR count). The van der Waals surface area contributed by atoms with E-state index < -0.39 is 0 Å². The molecule has 0 radical (unpaired) electrons. The molecule has 1 amide bonds. The molecule has 0 N–H and O–H groups in total. The Morgan fingerprint density at radius 1 is 1.13 bits per heavy atom. The molecule has 7 nitrogen and oxygen atoms in total. The molecular weight excluding hydrogens is 392 g/mol. The smallest absolute Gasteiger partial charge is 0.260 e. The number of rotatable bonds is 4. The Hall–Kier alpha value is -2.41. The second-order valence-corrected chi connectivity index (χ2v) is 10.5. The lowest BCUT2D eigenvalue weighted by atomic mass is 9.65. The van der Waals surface area contributed by atoms with Crippen molar-refractivity contribution in [3.05, 3.63) is 24.3 Å². The van der Waals surface area contributed by atoms with E-state index in [1.54, 1.807) is 0 Å². The number of hydrogen-bond acceptors (Lipinski definition) is 6. The Kier molecular flexibility index (Phi) is 5.04. The molecule has 3 fully saturated rings. The molecule has 31 heavy (non-hydrogen) atoms. The Morgan fingerprint density at radius 2 is 1.84 bits per heavy atom. The van der Waals surface area contributed by atoms with Crippen LogP contribution < -0.4 is 9.64 Å². The normalized spacial score (nSPS) is 27.5. The number of para-hydroxylation sites is 2. The molecule has 3 heterocycles. The average Bonchev–Trinajstić information content (AvgIpc) is 3.00. The van der Waals surface area contributed by atoms with Crippen LogP contribution in [0.25, 0.3) is 11.0 Å². The van der Waals surface area contributed by atoms with E-state index in [9.17, 15) is 4.79 Å². The Balaban J connectivity index is 1.36. The summed E-state index contributed by atoms with van der Waals surface area (Å²) in [6.45, 7) is 10.6. The van der Waals surface area contributed by atoms with Crippen LogP contribution in [0.5, 0.6) is 5.88 Å². The van der Waals surface area contributed by atoms with Crippen LogP contribution in [0.4, 0.5) is 5.82 Å². The molecular formula is C24H32N4O3. The second kappa shape index (κ2) is 7.62. The molecule has 2 saturated heterocycles. The van der Waals surface area contributed by atoms with Crippen LogP contribution >= 0.6 is 0 Å². The van der Waals surface area contributed by atoms with Gasteiger partial charge in [0.1, 0.15) is 0 Å². The number of carbonyl (C=O) groups is 1. The van der Waals surface area contributed by atoms with Crippen molar-refractivity contribution in [3.8, 4) is 5.88 Å². The van der Waals surface area contributed by atoms with Crippen LogP contribution in [0.3, 0.4) is 0 Å². The van der Waals surface area contributed by atoms with Crippen molar-refractivity contribution in [1.82, 2.24) is 14.9 Å². The van der Waals surface area contributed by atoms with Gasteiger partial charge in [-0.15, -0.1) is 0 Å². The zero-order valence-corrected chi connectivity index (χ0v) is 18.8. The highest BCUT2D eigenvalue weighted by molar-refractivity contribution is 5.80. The minimum Gasteiger partial charge on any atom is -0.465 e. The van der Waals surface area contributed by atoms with Gasteiger partial charge in [0.2, 0.25) is 0 Å². The number of ether oxygens (including phenoxy) is 2. The fraction of sp³-hybridized carbons (Fsp3) is 0.625. The van der Waals surface area contributed by atoms with Crippen molar-refractivity contribution in [3.63, 3.8) is 0 Å². The molecule has 1 aromatic heterocycles. The number of anilines is 1. The van der Waals surface area contributed by atoms with Gasteiger partial charge in [-0.3, -0.25) is 4.79 Å². The van der Waals surface area contributed by atoms with Gasteiger partial charge in [-0.1, -0.05) is 32.9 Å². The summed E-state index contributed by atoms with van der Waals surface area (Å²) in [5.41, 5.74) is 2.09. The SMILES string of the molecule is CC1(C)C[C@@H]2C[C@@](C)(CN2C(=O)COc2nc3ccccc3nc2N2CCOCC2)C1. The number of benzene rings is 1. The highest BCUT2D eigenvalue weighted by Gasteiger charge is 2.50. The van der Waals surface area contributed by atoms with Crippen LogP contribution in [0, 0.1) is 10.8 Å². The van der Waals surface area contributed by atoms with Gasteiger partial charge in [-0.25, -0.2) is 9.97 Å². The van der Waals surface area contributed by atoms with Crippen molar-refractivity contribution in [2.24, 2.45) is 10.8 Å². The van der Waals surface area contributed by atoms with Crippen molar-refractivity contribution in [2.45, 2.75) is 46.1 Å². The number of carbonyl (C=O) groups excluding carboxylic acids is 1. The van der Waals surface area contributed by atoms with Gasteiger partial charge in [-0.2, -0.15) is 0 Å². The van der Waals surface area contributed by atoms with Gasteiger partial charge < -0.3 is 19.3 Å². The molecule has 2 atom stereocenters. The topological polar surface area (TPSA) is 67.8 Å². The standard InChI is InChI=1S/C24H32N4O3/c1-23(2)12-17-13-24(3,15-23)16-28(17)20(29)14-31-22-21(27-8-10-30-11-9-27)25-18-6-4-5-7-19(18)26-22/h4-7,17H,8-16H2,1-3H3/t17-,24-/m1/s1. The molecule has 166 valence electrons. The van der Waals surface area contributed by atoms with Crippen molar-refractivity contribution in [2.75, 3.05) is 44.4 Å². The highest BCUT2D eigenvalue weighted by atomic mass is 16.5. The first-order valence-electron chi connectivity index (χ1n) is 11.3. The van der Waals surface area contributed by atoms with Gasteiger partial charge in [-0.05, 0) is 42.2 Å². The number of aromatic nitrogens is 2. The summed E-state index contributed by atoms with van der Waals surface area (Å²) in [4.78, 5) is 26.9. The Bertz CT molecular complexity index is 988. The molecule has 1 saturated carbocycles. The first-order valence-corrected chi connectivity index (χ1v) is 11.3. The van der Waals surface area contributed by atoms with E-state index in [0.29, 0.717) is 31.0 Å². The summed E-state index contributed by atoms with van der Waals surface area (Å²) in [6, 6.07) is 8.08. The predicted octanol–water partition coefficient (Wildman–Crippen LogP) is 3.27. The molecule has 1 aromatic carbocycles. The van der Waals surface area contributed by atoms with E-state index in [1.807, 2.05) is 24.3 Å². The molecule has 0 unspecified atom stereocenters. The third-order valence-corrected chi connectivity index (χ3v) is 6.90. The van der Waals surface area contributed by atoms with Crippen LogP contribution in [-0.4, -0.2) is 66.3 Å². The minimum atomic E-state index is -0.00261. The van der Waals surface area contributed by atoms with Gasteiger partial charge in [0, 0.05) is 25.7 Å². The molecule has 2 bridgehead atoms. The number of hydrogen-bond donors (Lipinski definition) is 0. The fourth-order valence-corrected chi connectivity index (χ4v) is 6.02. The first-order chi connectivity index (χ1) is 14.8. The lowest BCUT2D eigenvalue weighted by Gasteiger charge is -2.39. The molecule has 3 aliphatic rings. The van der Waals surface area contributed by atoms with E-state index in [4.69, 9.17) is 19.4 Å². The summed E-state index contributed by atoms with van der Waals surface area (Å²) in [5.74, 6) is 1.18. The number of morpholine rings is 1. The summed E-state index contributed by atoms with van der Waals surface area (Å²) in [7, 11) is 0. The van der Waals surface area contributed by atoms with Gasteiger partial charge >= 0.3 is 0 Å². The fourth-order valence-electron chi connectivity index (χ4n) is 6.02. The van der Waals surface area contributed by atoms with Crippen LogP contribution in [-0.2, 0) is 9.53 Å². The third kappa shape index (κ3) is 4.07. The lowest BCUT2D eigenvalue weighted by molar-refractivity contribution is -0.134. The van der Waals surface area contributed by atoms with E-state index in [-0.39, 0.29) is 23.3 Å². The summed E-state index contributed by atoms with van der Waals surface area (Å²) >= 11 is 0. The monoisotopic (exact) mass is 424 g/mol. The molecule has 1 aliphatic carbocycles. The Labute approximate surface area is 183 Å². The molecule has 2 aromatic rings. The first kappa shape index (κ1) is 20.5. The molecule has 7 heteroatoms. The van der Waals surface area contributed by atoms with E-state index in [1.165, 1.54) is 6.42 Å². The van der Waals surface area contributed by atoms with Crippen LogP contribution in [0.1, 0.15) is 40.0 Å². The van der Waals surface area contributed by atoms with Gasteiger partial charge in [0.05, 0.1) is 24.2 Å².